The van der Waals surface area contributed by atoms with Crippen molar-refractivity contribution in [2.45, 2.75) is 39.7 Å². The molecule has 2 amide bonds. The fourth-order valence-electron chi connectivity index (χ4n) is 2.24. The highest BCUT2D eigenvalue weighted by molar-refractivity contribution is 5.74. The number of carbonyl (C=O) groups is 1. The second-order valence-electron chi connectivity index (χ2n) is 5.46. The third kappa shape index (κ3) is 4.81. The minimum Gasteiger partial charge on any atom is -0.423 e. The molecule has 124 valence electrons. The van der Waals surface area contributed by atoms with E-state index in [1.54, 1.807) is 4.90 Å². The summed E-state index contributed by atoms with van der Waals surface area (Å²) in [4.78, 5) is 14.0. The van der Waals surface area contributed by atoms with E-state index in [9.17, 15) is 4.79 Å². The van der Waals surface area contributed by atoms with Crippen LogP contribution < -0.4 is 5.32 Å². The summed E-state index contributed by atoms with van der Waals surface area (Å²) >= 11 is 0. The molecule has 0 spiro atoms. The van der Waals surface area contributed by atoms with Crippen LogP contribution in [0.2, 0.25) is 0 Å². The molecule has 0 saturated heterocycles. The van der Waals surface area contributed by atoms with Crippen molar-refractivity contribution in [3.8, 4) is 0 Å². The van der Waals surface area contributed by atoms with E-state index in [0.29, 0.717) is 37.8 Å². The first kappa shape index (κ1) is 17.0. The van der Waals surface area contributed by atoms with Crippen LogP contribution in [-0.4, -0.2) is 34.2 Å². The molecule has 2 rings (SSSR count). The summed E-state index contributed by atoms with van der Waals surface area (Å²) in [6.45, 7) is 7.47. The molecule has 0 aliphatic carbocycles. The van der Waals surface area contributed by atoms with Gasteiger partial charge in [0.2, 0.25) is 11.8 Å². The Bertz CT molecular complexity index is 612. The number of nitrogens with one attached hydrogen (secondary N) is 1. The van der Waals surface area contributed by atoms with Gasteiger partial charge >= 0.3 is 6.03 Å². The Balaban J connectivity index is 1.87. The average molecular weight is 316 g/mol. The molecule has 6 heteroatoms. The molecule has 23 heavy (non-hydrogen) atoms. The van der Waals surface area contributed by atoms with Crippen LogP contribution in [0, 0.1) is 0 Å². The SMILES string of the molecule is CCc1nnc(CN(CC)C(=O)NC[C@H](C)c2ccccc2)o1. The van der Waals surface area contributed by atoms with E-state index in [-0.39, 0.29) is 11.9 Å². The molecule has 1 aromatic carbocycles. The van der Waals surface area contributed by atoms with Crippen molar-refractivity contribution < 1.29 is 9.21 Å². The number of aryl methyl sites for hydroxylation is 1. The van der Waals surface area contributed by atoms with Crippen LogP contribution in [-0.2, 0) is 13.0 Å². The van der Waals surface area contributed by atoms with Gasteiger partial charge < -0.3 is 14.6 Å². The largest absolute Gasteiger partial charge is 0.423 e. The summed E-state index contributed by atoms with van der Waals surface area (Å²) in [6.07, 6.45) is 0.694. The lowest BCUT2D eigenvalue weighted by Gasteiger charge is -2.21. The number of aromatic nitrogens is 2. The average Bonchev–Trinajstić information content (AvgIpc) is 3.05. The smallest absolute Gasteiger partial charge is 0.317 e. The van der Waals surface area contributed by atoms with Gasteiger partial charge in [0.1, 0.15) is 6.54 Å². The Morgan fingerprint density at radius 1 is 1.22 bits per heavy atom. The molecule has 1 heterocycles. The van der Waals surface area contributed by atoms with E-state index in [0.717, 1.165) is 0 Å². The lowest BCUT2D eigenvalue weighted by molar-refractivity contribution is 0.191. The van der Waals surface area contributed by atoms with Gasteiger partial charge in [0.25, 0.3) is 0 Å². The van der Waals surface area contributed by atoms with Crippen molar-refractivity contribution in [1.29, 1.82) is 0 Å². The van der Waals surface area contributed by atoms with Crippen molar-refractivity contribution in [2.24, 2.45) is 0 Å². The third-order valence-corrected chi connectivity index (χ3v) is 3.73. The molecule has 1 atom stereocenters. The van der Waals surface area contributed by atoms with Gasteiger partial charge in [-0.25, -0.2) is 4.79 Å². The van der Waals surface area contributed by atoms with E-state index in [1.165, 1.54) is 5.56 Å². The quantitative estimate of drug-likeness (QED) is 0.852. The minimum absolute atomic E-state index is 0.119. The van der Waals surface area contributed by atoms with Gasteiger partial charge in [0, 0.05) is 19.5 Å². The molecule has 0 aliphatic rings. The molecule has 6 nitrogen and oxygen atoms in total. The van der Waals surface area contributed by atoms with Crippen molar-refractivity contribution in [3.63, 3.8) is 0 Å². The van der Waals surface area contributed by atoms with Gasteiger partial charge in [-0.3, -0.25) is 0 Å². The van der Waals surface area contributed by atoms with Gasteiger partial charge in [-0.05, 0) is 18.4 Å². The maximum atomic E-state index is 12.3. The van der Waals surface area contributed by atoms with Gasteiger partial charge in [-0.15, -0.1) is 10.2 Å². The Morgan fingerprint density at radius 2 is 1.91 bits per heavy atom. The summed E-state index contributed by atoms with van der Waals surface area (Å²) in [5.41, 5.74) is 1.21. The van der Waals surface area contributed by atoms with Crippen LogP contribution in [0.1, 0.15) is 44.0 Å². The molecule has 0 unspecified atom stereocenters. The molecular formula is C17H24N4O2. The van der Waals surface area contributed by atoms with Gasteiger partial charge in [0.15, 0.2) is 0 Å². The summed E-state index contributed by atoms with van der Waals surface area (Å²) < 4.78 is 5.47. The number of carbonyl (C=O) groups excluding carboxylic acids is 1. The van der Waals surface area contributed by atoms with Crippen LogP contribution in [0.15, 0.2) is 34.7 Å². The maximum Gasteiger partial charge on any atom is 0.317 e. The highest BCUT2D eigenvalue weighted by atomic mass is 16.4. The summed E-state index contributed by atoms with van der Waals surface area (Å²) in [6, 6.07) is 10.0. The normalized spacial score (nSPS) is 12.0. The lowest BCUT2D eigenvalue weighted by atomic mass is 10.0. The van der Waals surface area contributed by atoms with Crippen molar-refractivity contribution in [3.05, 3.63) is 47.7 Å². The Labute approximate surface area is 136 Å². The second kappa shape index (κ2) is 8.31. The molecule has 1 aromatic heterocycles. The van der Waals surface area contributed by atoms with E-state index in [4.69, 9.17) is 4.42 Å². The minimum atomic E-state index is -0.119. The van der Waals surface area contributed by atoms with Crippen LogP contribution in [0.4, 0.5) is 4.79 Å². The number of urea groups is 1. The first-order valence-electron chi connectivity index (χ1n) is 8.03. The molecule has 2 aromatic rings. The van der Waals surface area contributed by atoms with Crippen LogP contribution in [0.3, 0.4) is 0 Å². The molecule has 0 fully saturated rings. The third-order valence-electron chi connectivity index (χ3n) is 3.73. The molecule has 0 saturated carbocycles. The first-order chi connectivity index (χ1) is 11.1. The Morgan fingerprint density at radius 3 is 2.52 bits per heavy atom. The Kier molecular flexibility index (Phi) is 6.14. The zero-order valence-electron chi connectivity index (χ0n) is 14.0. The summed E-state index contributed by atoms with van der Waals surface area (Å²) in [5.74, 6) is 1.32. The molecule has 0 aliphatic heterocycles. The van der Waals surface area contributed by atoms with E-state index < -0.39 is 0 Å². The second-order valence-corrected chi connectivity index (χ2v) is 5.46. The van der Waals surface area contributed by atoms with Crippen molar-refractivity contribution in [2.75, 3.05) is 13.1 Å². The molecule has 0 radical (unpaired) electrons. The van der Waals surface area contributed by atoms with Crippen LogP contribution in [0.25, 0.3) is 0 Å². The van der Waals surface area contributed by atoms with Gasteiger partial charge in [-0.2, -0.15) is 0 Å². The number of rotatable bonds is 7. The standard InChI is InChI=1S/C17H24N4O2/c1-4-15-19-20-16(23-15)12-21(5-2)17(22)18-11-13(3)14-9-7-6-8-10-14/h6-10,13H,4-5,11-12H2,1-3H3,(H,18,22)/t13-/m0/s1. The van der Waals surface area contributed by atoms with E-state index in [2.05, 4.69) is 34.6 Å². The zero-order valence-corrected chi connectivity index (χ0v) is 14.0. The predicted molar refractivity (Wildman–Crippen MR) is 88.0 cm³/mol. The zero-order chi connectivity index (χ0) is 16.7. The lowest BCUT2D eigenvalue weighted by Crippen LogP contribution is -2.40. The predicted octanol–water partition coefficient (Wildman–Crippen LogP) is 2.97. The molecular weight excluding hydrogens is 292 g/mol. The fraction of sp³-hybridized carbons (Fsp3) is 0.471. The number of amides is 2. The fourth-order valence-corrected chi connectivity index (χ4v) is 2.24. The first-order valence-corrected chi connectivity index (χ1v) is 8.03. The topological polar surface area (TPSA) is 71.3 Å². The number of nitrogens with zero attached hydrogens (tertiary/aromatic N) is 3. The molecule has 0 bridgehead atoms. The highest BCUT2D eigenvalue weighted by Crippen LogP contribution is 2.13. The van der Waals surface area contributed by atoms with Crippen LogP contribution >= 0.6 is 0 Å². The van der Waals surface area contributed by atoms with E-state index in [1.807, 2.05) is 32.0 Å². The van der Waals surface area contributed by atoms with Crippen molar-refractivity contribution in [1.82, 2.24) is 20.4 Å². The number of benzene rings is 1. The highest BCUT2D eigenvalue weighted by Gasteiger charge is 2.16. The van der Waals surface area contributed by atoms with Crippen LogP contribution in [0.5, 0.6) is 0 Å². The number of hydrogen-bond donors (Lipinski definition) is 1. The molecule has 1 N–H and O–H groups in total. The van der Waals surface area contributed by atoms with Crippen molar-refractivity contribution >= 4 is 6.03 Å². The Hall–Kier alpha value is -2.37. The summed E-state index contributed by atoms with van der Waals surface area (Å²) in [7, 11) is 0. The summed E-state index contributed by atoms with van der Waals surface area (Å²) in [5, 5.41) is 10.9. The van der Waals surface area contributed by atoms with Gasteiger partial charge in [-0.1, -0.05) is 44.2 Å². The van der Waals surface area contributed by atoms with E-state index >= 15 is 0 Å². The van der Waals surface area contributed by atoms with Gasteiger partial charge in [0.05, 0.1) is 0 Å². The number of hydrogen-bond acceptors (Lipinski definition) is 4. The maximum absolute atomic E-state index is 12.3. The monoisotopic (exact) mass is 316 g/mol.